The van der Waals surface area contributed by atoms with Gasteiger partial charge in [-0.3, -0.25) is 4.79 Å². The molecule has 7 nitrogen and oxygen atoms in total. The summed E-state index contributed by atoms with van der Waals surface area (Å²) in [4.78, 5) is 12.9. The first-order chi connectivity index (χ1) is 13.8. The molecule has 1 amide bonds. The fourth-order valence-corrected chi connectivity index (χ4v) is 6.44. The van der Waals surface area contributed by atoms with Crippen molar-refractivity contribution in [3.63, 3.8) is 0 Å². The van der Waals surface area contributed by atoms with Gasteiger partial charge in [-0.15, -0.1) is 11.3 Å². The third kappa shape index (κ3) is 3.86. The quantitative estimate of drug-likeness (QED) is 0.753. The van der Waals surface area contributed by atoms with E-state index in [1.54, 1.807) is 17.5 Å². The van der Waals surface area contributed by atoms with E-state index < -0.39 is 16.1 Å². The number of nitrogens with one attached hydrogen (secondary N) is 1. The van der Waals surface area contributed by atoms with Gasteiger partial charge in [0.25, 0.3) is 10.0 Å². The summed E-state index contributed by atoms with van der Waals surface area (Å²) in [6.45, 7) is 5.02. The summed E-state index contributed by atoms with van der Waals surface area (Å²) < 4.78 is 38.2. The number of benzene rings is 1. The number of fused-ring (bicyclic) bond motifs is 1. The van der Waals surface area contributed by atoms with E-state index in [0.29, 0.717) is 37.4 Å². The van der Waals surface area contributed by atoms with Gasteiger partial charge in [0.1, 0.15) is 10.3 Å². The molecule has 1 fully saturated rings. The maximum atomic E-state index is 12.9. The van der Waals surface area contributed by atoms with Gasteiger partial charge in [0.2, 0.25) is 12.7 Å². The van der Waals surface area contributed by atoms with Crippen molar-refractivity contribution in [1.29, 1.82) is 0 Å². The molecule has 0 saturated carbocycles. The van der Waals surface area contributed by atoms with Gasteiger partial charge in [0.05, 0.1) is 0 Å². The molecule has 0 radical (unpaired) electrons. The zero-order valence-electron chi connectivity index (χ0n) is 16.4. The van der Waals surface area contributed by atoms with Crippen molar-refractivity contribution < 1.29 is 22.7 Å². The largest absolute Gasteiger partial charge is 0.454 e. The molecule has 29 heavy (non-hydrogen) atoms. The Morgan fingerprint density at radius 1 is 1.28 bits per heavy atom. The molecule has 0 aliphatic carbocycles. The predicted molar refractivity (Wildman–Crippen MR) is 110 cm³/mol. The summed E-state index contributed by atoms with van der Waals surface area (Å²) in [5.41, 5.74) is 0.656. The molecule has 1 N–H and O–H groups in total. The highest BCUT2D eigenvalue weighted by Crippen LogP contribution is 2.36. The maximum absolute atomic E-state index is 12.9. The van der Waals surface area contributed by atoms with Crippen LogP contribution in [0.1, 0.15) is 32.3 Å². The van der Waals surface area contributed by atoms with Crippen molar-refractivity contribution in [1.82, 2.24) is 9.62 Å². The van der Waals surface area contributed by atoms with Crippen molar-refractivity contribution in [2.75, 3.05) is 19.9 Å². The summed E-state index contributed by atoms with van der Waals surface area (Å²) in [6.07, 6.45) is 1.20. The molecule has 3 heterocycles. The van der Waals surface area contributed by atoms with E-state index in [9.17, 15) is 13.2 Å². The molecule has 1 unspecified atom stereocenters. The van der Waals surface area contributed by atoms with Crippen LogP contribution >= 0.6 is 11.3 Å². The van der Waals surface area contributed by atoms with E-state index in [-0.39, 0.29) is 22.3 Å². The fourth-order valence-electron chi connectivity index (χ4n) is 3.66. The molecule has 0 spiro atoms. The third-order valence-corrected chi connectivity index (χ3v) is 8.70. The molecule has 2 aromatic rings. The van der Waals surface area contributed by atoms with Crippen LogP contribution in [-0.2, 0) is 20.2 Å². The van der Waals surface area contributed by atoms with Crippen LogP contribution in [0, 0.1) is 0 Å². The number of ether oxygens (including phenoxy) is 2. The molecule has 1 aromatic carbocycles. The Labute approximate surface area is 174 Å². The summed E-state index contributed by atoms with van der Waals surface area (Å²) in [5, 5.41) is 4.69. The second kappa shape index (κ2) is 7.62. The van der Waals surface area contributed by atoms with E-state index >= 15 is 0 Å². The maximum Gasteiger partial charge on any atom is 0.253 e. The Morgan fingerprint density at radius 2 is 2.07 bits per heavy atom. The average Bonchev–Trinajstić information content (AvgIpc) is 3.46. The Balaban J connectivity index is 1.45. The highest BCUT2D eigenvalue weighted by atomic mass is 32.2. The smallest absolute Gasteiger partial charge is 0.253 e. The van der Waals surface area contributed by atoms with Gasteiger partial charge in [-0.05, 0) is 42.0 Å². The van der Waals surface area contributed by atoms with Crippen LogP contribution in [0.2, 0.25) is 0 Å². The number of rotatable bonds is 6. The molecule has 1 atom stereocenters. The highest BCUT2D eigenvalue weighted by Gasteiger charge is 2.40. The Kier molecular flexibility index (Phi) is 5.30. The lowest BCUT2D eigenvalue weighted by Crippen LogP contribution is -2.48. The van der Waals surface area contributed by atoms with E-state index in [0.717, 1.165) is 5.56 Å². The first-order valence-electron chi connectivity index (χ1n) is 9.52. The average molecular weight is 437 g/mol. The lowest BCUT2D eigenvalue weighted by Gasteiger charge is -2.28. The van der Waals surface area contributed by atoms with Gasteiger partial charge < -0.3 is 14.8 Å². The molecular formula is C20H24N2O5S2. The monoisotopic (exact) mass is 436 g/mol. The Bertz CT molecular complexity index is 1000. The number of thiophene rings is 1. The van der Waals surface area contributed by atoms with Gasteiger partial charge in [0.15, 0.2) is 11.5 Å². The molecule has 9 heteroatoms. The molecule has 0 bridgehead atoms. The normalized spacial score (nSPS) is 19.4. The molecule has 2 aliphatic heterocycles. The van der Waals surface area contributed by atoms with Crippen molar-refractivity contribution in [2.45, 2.75) is 42.4 Å². The summed E-state index contributed by atoms with van der Waals surface area (Å²) in [5.74, 6) is 1.16. The van der Waals surface area contributed by atoms with Crippen LogP contribution in [0.3, 0.4) is 0 Å². The standard InChI is InChI=1S/C20H24N2O5S2/c1-20(2,14-7-8-16-17(11-14)27-13-26-16)12-21-19(23)15-5-3-9-22(15)29(24,25)18-6-4-10-28-18/h4,6-8,10-11,15H,3,5,9,12-13H2,1-2H3,(H,21,23). The number of carbonyl (C=O) groups excluding carboxylic acids is 1. The van der Waals surface area contributed by atoms with E-state index in [4.69, 9.17) is 9.47 Å². The summed E-state index contributed by atoms with van der Waals surface area (Å²) in [7, 11) is -3.64. The lowest BCUT2D eigenvalue weighted by atomic mass is 9.84. The SMILES string of the molecule is CC(C)(CNC(=O)C1CCCN1S(=O)(=O)c1cccs1)c1ccc2c(c1)OCO2. The molecule has 4 rings (SSSR count). The van der Waals surface area contributed by atoms with Gasteiger partial charge in [-0.25, -0.2) is 8.42 Å². The summed E-state index contributed by atoms with van der Waals surface area (Å²) >= 11 is 1.17. The number of sulfonamides is 1. The second-order valence-electron chi connectivity index (χ2n) is 7.88. The molecular weight excluding hydrogens is 412 g/mol. The minimum Gasteiger partial charge on any atom is -0.454 e. The van der Waals surface area contributed by atoms with Crippen molar-refractivity contribution in [3.8, 4) is 11.5 Å². The first kappa shape index (κ1) is 20.2. The van der Waals surface area contributed by atoms with E-state index in [2.05, 4.69) is 5.32 Å². The van der Waals surface area contributed by atoms with Crippen LogP contribution < -0.4 is 14.8 Å². The number of nitrogens with zero attached hydrogens (tertiary/aromatic N) is 1. The lowest BCUT2D eigenvalue weighted by molar-refractivity contribution is -0.124. The minimum absolute atomic E-state index is 0.214. The second-order valence-corrected chi connectivity index (χ2v) is 10.9. The van der Waals surface area contributed by atoms with Crippen molar-refractivity contribution >= 4 is 27.3 Å². The third-order valence-electron chi connectivity index (χ3n) is 5.42. The fraction of sp³-hybridized carbons (Fsp3) is 0.450. The Hall–Kier alpha value is -2.10. The molecule has 1 aromatic heterocycles. The predicted octanol–water partition coefficient (Wildman–Crippen LogP) is 2.72. The van der Waals surface area contributed by atoms with E-state index in [1.165, 1.54) is 15.6 Å². The zero-order valence-corrected chi connectivity index (χ0v) is 18.0. The highest BCUT2D eigenvalue weighted by molar-refractivity contribution is 7.91. The van der Waals surface area contributed by atoms with Crippen LogP contribution in [0.25, 0.3) is 0 Å². The number of hydrogen-bond acceptors (Lipinski definition) is 6. The topological polar surface area (TPSA) is 84.9 Å². The van der Waals surface area contributed by atoms with Crippen LogP contribution in [0.15, 0.2) is 39.9 Å². The van der Waals surface area contributed by atoms with Crippen LogP contribution in [0.5, 0.6) is 11.5 Å². The zero-order chi connectivity index (χ0) is 20.6. The van der Waals surface area contributed by atoms with Gasteiger partial charge >= 0.3 is 0 Å². The van der Waals surface area contributed by atoms with Crippen LogP contribution in [-0.4, -0.2) is 44.6 Å². The molecule has 2 aliphatic rings. The number of carbonyl (C=O) groups is 1. The van der Waals surface area contributed by atoms with Crippen molar-refractivity contribution in [3.05, 3.63) is 41.3 Å². The van der Waals surface area contributed by atoms with Gasteiger partial charge in [-0.1, -0.05) is 26.0 Å². The molecule has 156 valence electrons. The first-order valence-corrected chi connectivity index (χ1v) is 11.8. The molecule has 1 saturated heterocycles. The van der Waals surface area contributed by atoms with E-state index in [1.807, 2.05) is 32.0 Å². The van der Waals surface area contributed by atoms with Gasteiger partial charge in [0, 0.05) is 18.5 Å². The number of amides is 1. The minimum atomic E-state index is -3.64. The Morgan fingerprint density at radius 3 is 2.83 bits per heavy atom. The van der Waals surface area contributed by atoms with Crippen molar-refractivity contribution in [2.24, 2.45) is 0 Å². The number of hydrogen-bond donors (Lipinski definition) is 1. The summed E-state index contributed by atoms with van der Waals surface area (Å²) in [6, 6.07) is 8.37. The van der Waals surface area contributed by atoms with Crippen LogP contribution in [0.4, 0.5) is 0 Å². The van der Waals surface area contributed by atoms with Gasteiger partial charge in [-0.2, -0.15) is 4.31 Å².